The molecular weight excluding hydrogens is 226 g/mol. The molecule has 0 aliphatic rings. The fourth-order valence-corrected chi connectivity index (χ4v) is 1.61. The van der Waals surface area contributed by atoms with Crippen LogP contribution in [0.5, 0.6) is 11.5 Å². The van der Waals surface area contributed by atoms with Crippen LogP contribution in [-0.2, 0) is 6.54 Å². The number of nitrogens with one attached hydrogen (secondary N) is 1. The van der Waals surface area contributed by atoms with E-state index < -0.39 is 0 Å². The van der Waals surface area contributed by atoms with Gasteiger partial charge in [-0.2, -0.15) is 0 Å². The Morgan fingerprint density at radius 2 is 2.00 bits per heavy atom. The molecule has 18 heavy (non-hydrogen) atoms. The average molecular weight is 251 g/mol. The van der Waals surface area contributed by atoms with Crippen molar-refractivity contribution in [1.29, 1.82) is 0 Å². The molecule has 1 aromatic rings. The maximum absolute atomic E-state index is 5.72. The second-order valence-corrected chi connectivity index (χ2v) is 4.87. The summed E-state index contributed by atoms with van der Waals surface area (Å²) in [6.45, 7) is 9.05. The molecule has 0 aromatic heterocycles. The van der Waals surface area contributed by atoms with E-state index in [1.807, 2.05) is 12.1 Å². The van der Waals surface area contributed by atoms with E-state index in [1.54, 1.807) is 7.11 Å². The molecule has 0 spiro atoms. The van der Waals surface area contributed by atoms with Crippen molar-refractivity contribution >= 4 is 0 Å². The van der Waals surface area contributed by atoms with Gasteiger partial charge in [-0.3, -0.25) is 0 Å². The summed E-state index contributed by atoms with van der Waals surface area (Å²) < 4.78 is 11.1. The van der Waals surface area contributed by atoms with E-state index in [-0.39, 0.29) is 0 Å². The molecule has 0 bridgehead atoms. The first-order chi connectivity index (χ1) is 8.67. The van der Waals surface area contributed by atoms with Crippen LogP contribution >= 0.6 is 0 Å². The van der Waals surface area contributed by atoms with Crippen LogP contribution in [0.25, 0.3) is 0 Å². The van der Waals surface area contributed by atoms with E-state index in [1.165, 1.54) is 5.56 Å². The number of ether oxygens (including phenoxy) is 2. The second kappa shape index (κ2) is 7.98. The largest absolute Gasteiger partial charge is 0.493 e. The topological polar surface area (TPSA) is 30.5 Å². The minimum atomic E-state index is 0.514. The Bertz CT molecular complexity index is 350. The van der Waals surface area contributed by atoms with Crippen molar-refractivity contribution < 1.29 is 9.47 Å². The molecule has 102 valence electrons. The predicted octanol–water partition coefficient (Wildman–Crippen LogP) is 3.23. The maximum atomic E-state index is 5.72. The number of methoxy groups -OCH3 is 1. The summed E-state index contributed by atoms with van der Waals surface area (Å²) in [7, 11) is 1.68. The van der Waals surface area contributed by atoms with E-state index >= 15 is 0 Å². The van der Waals surface area contributed by atoms with Crippen LogP contribution in [0.4, 0.5) is 0 Å². The maximum Gasteiger partial charge on any atom is 0.161 e. The molecular formula is C15H25NO2. The number of hydrogen-bond acceptors (Lipinski definition) is 3. The fraction of sp³-hybridized carbons (Fsp3) is 0.600. The van der Waals surface area contributed by atoms with Gasteiger partial charge in [0.25, 0.3) is 0 Å². The summed E-state index contributed by atoms with van der Waals surface area (Å²) >= 11 is 0. The zero-order valence-corrected chi connectivity index (χ0v) is 12.0. The molecule has 0 heterocycles. The van der Waals surface area contributed by atoms with Gasteiger partial charge in [-0.1, -0.05) is 26.8 Å². The third-order valence-corrected chi connectivity index (χ3v) is 2.56. The predicted molar refractivity (Wildman–Crippen MR) is 75.3 cm³/mol. The van der Waals surface area contributed by atoms with Crippen LogP contribution in [0.3, 0.4) is 0 Å². The van der Waals surface area contributed by atoms with Gasteiger partial charge in [0.2, 0.25) is 0 Å². The fourth-order valence-electron chi connectivity index (χ4n) is 1.61. The lowest BCUT2D eigenvalue weighted by Crippen LogP contribution is -2.14. The lowest BCUT2D eigenvalue weighted by atomic mass is 10.2. The van der Waals surface area contributed by atoms with Crippen molar-refractivity contribution in [2.24, 2.45) is 5.92 Å². The van der Waals surface area contributed by atoms with Crippen molar-refractivity contribution in [3.63, 3.8) is 0 Å². The standard InChI is InChI=1S/C15H25NO2/c1-5-8-16-10-13-6-7-14(15(9-13)17-4)18-11-12(2)3/h6-7,9,12,16H,5,8,10-11H2,1-4H3. The summed E-state index contributed by atoms with van der Waals surface area (Å²) in [5.41, 5.74) is 1.22. The first kappa shape index (κ1) is 14.8. The molecule has 0 aliphatic carbocycles. The van der Waals surface area contributed by atoms with Gasteiger partial charge in [-0.15, -0.1) is 0 Å². The second-order valence-electron chi connectivity index (χ2n) is 4.87. The van der Waals surface area contributed by atoms with E-state index in [4.69, 9.17) is 9.47 Å². The highest BCUT2D eigenvalue weighted by atomic mass is 16.5. The van der Waals surface area contributed by atoms with E-state index in [0.717, 1.165) is 31.0 Å². The van der Waals surface area contributed by atoms with E-state index in [0.29, 0.717) is 12.5 Å². The Morgan fingerprint density at radius 1 is 1.22 bits per heavy atom. The van der Waals surface area contributed by atoms with Crippen molar-refractivity contribution in [2.45, 2.75) is 33.7 Å². The van der Waals surface area contributed by atoms with Crippen LogP contribution in [0.2, 0.25) is 0 Å². The summed E-state index contributed by atoms with van der Waals surface area (Å²) in [6, 6.07) is 6.11. The normalized spacial score (nSPS) is 10.7. The first-order valence-corrected chi connectivity index (χ1v) is 6.67. The zero-order valence-electron chi connectivity index (χ0n) is 12.0. The molecule has 0 radical (unpaired) electrons. The van der Waals surface area contributed by atoms with E-state index in [9.17, 15) is 0 Å². The van der Waals surface area contributed by atoms with Gasteiger partial charge in [0, 0.05) is 6.54 Å². The number of hydrogen-bond donors (Lipinski definition) is 1. The molecule has 0 fully saturated rings. The Kier molecular flexibility index (Phi) is 6.58. The van der Waals surface area contributed by atoms with Crippen LogP contribution in [0.15, 0.2) is 18.2 Å². The van der Waals surface area contributed by atoms with Crippen molar-refractivity contribution in [3.8, 4) is 11.5 Å². The molecule has 0 amide bonds. The minimum absolute atomic E-state index is 0.514. The Balaban J connectivity index is 2.64. The molecule has 0 saturated carbocycles. The highest BCUT2D eigenvalue weighted by Gasteiger charge is 2.06. The molecule has 1 N–H and O–H groups in total. The van der Waals surface area contributed by atoms with Crippen LogP contribution < -0.4 is 14.8 Å². The highest BCUT2D eigenvalue weighted by molar-refractivity contribution is 5.42. The molecule has 0 aliphatic heterocycles. The monoisotopic (exact) mass is 251 g/mol. The molecule has 3 heteroatoms. The molecule has 1 aromatic carbocycles. The van der Waals surface area contributed by atoms with Gasteiger partial charge in [-0.05, 0) is 36.6 Å². The van der Waals surface area contributed by atoms with Gasteiger partial charge in [0.15, 0.2) is 11.5 Å². The van der Waals surface area contributed by atoms with Crippen molar-refractivity contribution in [3.05, 3.63) is 23.8 Å². The number of rotatable bonds is 8. The summed E-state index contributed by atoms with van der Waals surface area (Å²) in [5, 5.41) is 3.38. The Morgan fingerprint density at radius 3 is 2.61 bits per heavy atom. The van der Waals surface area contributed by atoms with Gasteiger partial charge >= 0.3 is 0 Å². The van der Waals surface area contributed by atoms with Gasteiger partial charge in [0.1, 0.15) is 0 Å². The van der Waals surface area contributed by atoms with Crippen LogP contribution in [0.1, 0.15) is 32.8 Å². The lowest BCUT2D eigenvalue weighted by Gasteiger charge is -2.13. The molecule has 3 nitrogen and oxygen atoms in total. The van der Waals surface area contributed by atoms with Crippen molar-refractivity contribution in [2.75, 3.05) is 20.3 Å². The molecule has 0 unspecified atom stereocenters. The summed E-state index contributed by atoms with van der Waals surface area (Å²) in [4.78, 5) is 0. The lowest BCUT2D eigenvalue weighted by molar-refractivity contribution is 0.256. The van der Waals surface area contributed by atoms with Gasteiger partial charge in [-0.25, -0.2) is 0 Å². The highest BCUT2D eigenvalue weighted by Crippen LogP contribution is 2.28. The molecule has 0 atom stereocenters. The van der Waals surface area contributed by atoms with Gasteiger partial charge in [0.05, 0.1) is 13.7 Å². The third kappa shape index (κ3) is 4.96. The average Bonchev–Trinajstić information content (AvgIpc) is 2.37. The molecule has 0 saturated heterocycles. The third-order valence-electron chi connectivity index (χ3n) is 2.56. The van der Waals surface area contributed by atoms with Gasteiger partial charge < -0.3 is 14.8 Å². The van der Waals surface area contributed by atoms with E-state index in [2.05, 4.69) is 32.2 Å². The van der Waals surface area contributed by atoms with Crippen molar-refractivity contribution in [1.82, 2.24) is 5.32 Å². The quantitative estimate of drug-likeness (QED) is 0.720. The first-order valence-electron chi connectivity index (χ1n) is 6.67. The Labute approximate surface area is 110 Å². The van der Waals surface area contributed by atoms with Crippen LogP contribution in [-0.4, -0.2) is 20.3 Å². The molecule has 1 rings (SSSR count). The summed E-state index contributed by atoms with van der Waals surface area (Å²) in [6.07, 6.45) is 1.15. The smallest absolute Gasteiger partial charge is 0.161 e. The minimum Gasteiger partial charge on any atom is -0.493 e. The summed E-state index contributed by atoms with van der Waals surface area (Å²) in [5.74, 6) is 2.15. The Hall–Kier alpha value is -1.22. The van der Waals surface area contributed by atoms with Crippen LogP contribution in [0, 0.1) is 5.92 Å². The number of benzene rings is 1. The SMILES string of the molecule is CCCNCc1ccc(OCC(C)C)c(OC)c1. The zero-order chi connectivity index (χ0) is 13.4.